The van der Waals surface area contributed by atoms with E-state index in [4.69, 9.17) is 15.3 Å². The lowest BCUT2D eigenvalue weighted by Gasteiger charge is -2.03. The highest BCUT2D eigenvalue weighted by atomic mass is 79.9. The van der Waals surface area contributed by atoms with Gasteiger partial charge >= 0.3 is 17.9 Å². The number of benzene rings is 1. The van der Waals surface area contributed by atoms with Crippen LogP contribution in [0, 0.1) is 0 Å². The Morgan fingerprint density at radius 1 is 0.783 bits per heavy atom. The van der Waals surface area contributed by atoms with E-state index >= 15 is 0 Å². The van der Waals surface area contributed by atoms with E-state index in [0.29, 0.717) is 5.56 Å². The van der Waals surface area contributed by atoms with Crippen molar-refractivity contribution < 1.29 is 51.3 Å². The van der Waals surface area contributed by atoms with E-state index in [1.165, 1.54) is 36.7 Å². The minimum atomic E-state index is -1.21. The number of carbonyl (C=O) groups is 3. The number of carboxylic acid groups (broad SMARTS) is 3. The van der Waals surface area contributed by atoms with Gasteiger partial charge in [-0.15, -0.1) is 0 Å². The van der Waals surface area contributed by atoms with Gasteiger partial charge in [-0.05, 0) is 18.2 Å². The Morgan fingerprint density at radius 2 is 1.22 bits per heavy atom. The van der Waals surface area contributed by atoms with Gasteiger partial charge in [0.25, 0.3) is 0 Å². The van der Waals surface area contributed by atoms with Crippen molar-refractivity contribution in [1.82, 2.24) is 0 Å². The van der Waals surface area contributed by atoms with Crippen LogP contribution in [0.5, 0.6) is 0 Å². The first-order valence-electron chi connectivity index (χ1n) is 6.20. The van der Waals surface area contributed by atoms with Gasteiger partial charge in [0.15, 0.2) is 18.9 Å². The number of rotatable bonds is 5. The second-order valence-corrected chi connectivity index (χ2v) is 4.59. The van der Waals surface area contributed by atoms with E-state index in [9.17, 15) is 14.4 Å². The van der Waals surface area contributed by atoms with Crippen molar-refractivity contribution in [2.45, 2.75) is 6.54 Å². The molecule has 0 saturated heterocycles. The molecule has 2 aromatic rings. The van der Waals surface area contributed by atoms with Crippen LogP contribution in [0.1, 0.15) is 36.6 Å². The molecule has 0 aliphatic carbocycles. The predicted molar refractivity (Wildman–Crippen MR) is 73.1 cm³/mol. The quantitative estimate of drug-likeness (QED) is 0.522. The highest BCUT2D eigenvalue weighted by Gasteiger charge is 2.14. The lowest BCUT2D eigenvalue weighted by Crippen LogP contribution is -3.00. The zero-order valence-corrected chi connectivity index (χ0v) is 13.2. The second-order valence-electron chi connectivity index (χ2n) is 4.59. The van der Waals surface area contributed by atoms with E-state index in [0.717, 1.165) is 6.07 Å². The molecule has 0 saturated carbocycles. The maximum absolute atomic E-state index is 11.0. The molecule has 3 N–H and O–H groups in total. The first kappa shape index (κ1) is 18.3. The average Bonchev–Trinajstić information content (AvgIpc) is 2.47. The summed E-state index contributed by atoms with van der Waals surface area (Å²) in [6.07, 6.45) is 3.05. The molecule has 7 nitrogen and oxygen atoms in total. The summed E-state index contributed by atoms with van der Waals surface area (Å²) in [5.74, 6) is -3.47. The third-order valence-electron chi connectivity index (χ3n) is 2.99. The van der Waals surface area contributed by atoms with E-state index < -0.39 is 17.9 Å². The van der Waals surface area contributed by atoms with Crippen LogP contribution < -0.4 is 21.5 Å². The minimum absolute atomic E-state index is 0. The molecule has 1 aromatic heterocycles. The minimum Gasteiger partial charge on any atom is -1.00 e. The van der Waals surface area contributed by atoms with Crippen LogP contribution in [0.25, 0.3) is 0 Å². The van der Waals surface area contributed by atoms with Gasteiger partial charge in [-0.3, -0.25) is 0 Å². The Hall–Kier alpha value is -2.74. The van der Waals surface area contributed by atoms with Crippen LogP contribution >= 0.6 is 0 Å². The molecular formula is C15H12BrNO6. The summed E-state index contributed by atoms with van der Waals surface area (Å²) in [4.78, 5) is 32.8. The van der Waals surface area contributed by atoms with Crippen molar-refractivity contribution in [2.75, 3.05) is 0 Å². The van der Waals surface area contributed by atoms with E-state index in [-0.39, 0.29) is 40.2 Å². The van der Waals surface area contributed by atoms with E-state index in [2.05, 4.69) is 0 Å². The maximum Gasteiger partial charge on any atom is 0.336 e. The SMILES string of the molecule is O=C(O)c1cc[n+](Cc2cc(C(=O)O)cc(C(=O)O)c2)cc1.[Br-]. The van der Waals surface area contributed by atoms with Crippen LogP contribution in [-0.2, 0) is 6.54 Å². The lowest BCUT2D eigenvalue weighted by atomic mass is 10.1. The number of aromatic nitrogens is 1. The van der Waals surface area contributed by atoms with Gasteiger partial charge in [-0.2, -0.15) is 0 Å². The number of carboxylic acids is 3. The summed E-state index contributed by atoms with van der Waals surface area (Å²) in [7, 11) is 0. The van der Waals surface area contributed by atoms with Gasteiger partial charge in [0.05, 0.1) is 16.7 Å². The molecule has 8 heteroatoms. The summed E-state index contributed by atoms with van der Waals surface area (Å²) in [5, 5.41) is 26.8. The molecule has 0 amide bonds. The number of aromatic carboxylic acids is 3. The number of pyridine rings is 1. The fourth-order valence-electron chi connectivity index (χ4n) is 1.95. The molecule has 23 heavy (non-hydrogen) atoms. The first-order valence-corrected chi connectivity index (χ1v) is 6.20. The molecule has 0 fully saturated rings. The lowest BCUT2D eigenvalue weighted by molar-refractivity contribution is -0.688. The Labute approximate surface area is 141 Å². The first-order chi connectivity index (χ1) is 10.4. The Morgan fingerprint density at radius 3 is 1.61 bits per heavy atom. The van der Waals surface area contributed by atoms with Gasteiger partial charge in [-0.1, -0.05) is 0 Å². The fraction of sp³-hybridized carbons (Fsp3) is 0.0667. The van der Waals surface area contributed by atoms with Crippen molar-refractivity contribution >= 4 is 17.9 Å². The van der Waals surface area contributed by atoms with Crippen LogP contribution in [0.3, 0.4) is 0 Å². The normalized spacial score (nSPS) is 9.74. The van der Waals surface area contributed by atoms with E-state index in [1.807, 2.05) is 0 Å². The van der Waals surface area contributed by atoms with Crippen LogP contribution in [0.4, 0.5) is 0 Å². The molecule has 0 aliphatic heterocycles. The van der Waals surface area contributed by atoms with E-state index in [1.54, 1.807) is 4.57 Å². The summed E-state index contributed by atoms with van der Waals surface area (Å²) in [6, 6.07) is 6.66. The number of hydrogen-bond acceptors (Lipinski definition) is 3. The van der Waals surface area contributed by atoms with Crippen molar-refractivity contribution in [3.63, 3.8) is 0 Å². The highest BCUT2D eigenvalue weighted by Crippen LogP contribution is 2.11. The molecule has 2 rings (SSSR count). The molecular weight excluding hydrogens is 370 g/mol. The number of hydrogen-bond donors (Lipinski definition) is 3. The zero-order valence-electron chi connectivity index (χ0n) is 11.6. The second kappa shape index (κ2) is 7.50. The molecule has 0 aliphatic rings. The fourth-order valence-corrected chi connectivity index (χ4v) is 1.95. The van der Waals surface area contributed by atoms with Crippen molar-refractivity contribution in [3.05, 3.63) is 65.0 Å². The van der Waals surface area contributed by atoms with Crippen LogP contribution in [0.15, 0.2) is 42.7 Å². The molecule has 0 bridgehead atoms. The van der Waals surface area contributed by atoms with Gasteiger partial charge < -0.3 is 32.3 Å². The van der Waals surface area contributed by atoms with Crippen LogP contribution in [0.2, 0.25) is 0 Å². The standard InChI is InChI=1S/C15H11NO6.BrH/c17-13(18)10-1-3-16(4-2-10)8-9-5-11(14(19)20)7-12(6-9)15(21)22;/h1-7H,8H2,(H2-,17,18,19,20,21,22);1H. The molecule has 1 aromatic carbocycles. The summed E-state index contributed by atoms with van der Waals surface area (Å²) in [6.45, 7) is 0.224. The molecule has 120 valence electrons. The number of halogens is 1. The highest BCUT2D eigenvalue weighted by molar-refractivity contribution is 5.94. The van der Waals surface area contributed by atoms with Gasteiger partial charge in [-0.25, -0.2) is 19.0 Å². The summed E-state index contributed by atoms with van der Waals surface area (Å²) < 4.78 is 1.62. The Kier molecular flexibility index (Phi) is 5.97. The van der Waals surface area contributed by atoms with Crippen molar-refractivity contribution in [1.29, 1.82) is 0 Å². The molecule has 0 unspecified atom stereocenters. The van der Waals surface area contributed by atoms with Gasteiger partial charge in [0.1, 0.15) is 0 Å². The Bertz CT molecular complexity index is 725. The molecule has 1 heterocycles. The smallest absolute Gasteiger partial charge is 0.336 e. The van der Waals surface area contributed by atoms with Crippen LogP contribution in [-0.4, -0.2) is 33.2 Å². The predicted octanol–water partition coefficient (Wildman–Crippen LogP) is -1.88. The number of nitrogens with zero attached hydrogens (tertiary/aromatic N) is 1. The largest absolute Gasteiger partial charge is 1.00 e. The monoisotopic (exact) mass is 381 g/mol. The third-order valence-corrected chi connectivity index (χ3v) is 2.99. The maximum atomic E-state index is 11.0. The van der Waals surface area contributed by atoms with Crippen molar-refractivity contribution in [3.8, 4) is 0 Å². The summed E-state index contributed by atoms with van der Waals surface area (Å²) in [5.41, 5.74) is 0.391. The summed E-state index contributed by atoms with van der Waals surface area (Å²) >= 11 is 0. The van der Waals surface area contributed by atoms with Gasteiger partial charge in [0, 0.05) is 17.7 Å². The topological polar surface area (TPSA) is 116 Å². The zero-order chi connectivity index (χ0) is 16.3. The third kappa shape index (κ3) is 4.62. The molecule has 0 atom stereocenters. The Balaban J connectivity index is 0.00000264. The average molecular weight is 382 g/mol. The molecule has 0 spiro atoms. The van der Waals surface area contributed by atoms with Gasteiger partial charge in [0.2, 0.25) is 0 Å². The molecule has 0 radical (unpaired) electrons. The van der Waals surface area contributed by atoms with Crippen molar-refractivity contribution in [2.24, 2.45) is 0 Å².